The molecule has 0 bridgehead atoms. The molecule has 0 atom stereocenters. The third-order valence-corrected chi connectivity index (χ3v) is 6.57. The second-order valence-corrected chi connectivity index (χ2v) is 9.54. The maximum atomic E-state index is 13.4. The van der Waals surface area contributed by atoms with Gasteiger partial charge in [-0.3, -0.25) is 23.9 Å². The number of ketones is 1. The van der Waals surface area contributed by atoms with Crippen LogP contribution in [0.15, 0.2) is 79.0 Å². The maximum Gasteiger partial charge on any atom is 0.307 e. The van der Waals surface area contributed by atoms with Crippen LogP contribution in [-0.2, 0) is 22.6 Å². The molecule has 0 radical (unpaired) electrons. The minimum atomic E-state index is -0.913. The molecule has 5 rings (SSSR count). The fraction of sp³-hybridized carbons (Fsp3) is 0.129. The summed E-state index contributed by atoms with van der Waals surface area (Å²) in [5.74, 6) is -1.81. The van der Waals surface area contributed by atoms with Crippen molar-refractivity contribution in [2.75, 3.05) is 16.0 Å². The summed E-state index contributed by atoms with van der Waals surface area (Å²) in [4.78, 5) is 49.8. The molecule has 206 valence electrons. The van der Waals surface area contributed by atoms with Gasteiger partial charge in [-0.05, 0) is 67.9 Å². The van der Waals surface area contributed by atoms with Gasteiger partial charge in [0.25, 0.3) is 11.8 Å². The number of benzene rings is 3. The Bertz CT molecular complexity index is 1720. The Morgan fingerprint density at radius 2 is 1.73 bits per heavy atom. The van der Waals surface area contributed by atoms with Gasteiger partial charge in [0.2, 0.25) is 0 Å². The van der Waals surface area contributed by atoms with Gasteiger partial charge in [-0.15, -0.1) is 0 Å². The summed E-state index contributed by atoms with van der Waals surface area (Å²) in [6, 6.07) is 20.2. The summed E-state index contributed by atoms with van der Waals surface area (Å²) in [5.41, 5.74) is 5.25. The highest BCUT2D eigenvalue weighted by atomic mass is 16.4. The van der Waals surface area contributed by atoms with Crippen molar-refractivity contribution >= 4 is 46.2 Å². The van der Waals surface area contributed by atoms with Crippen molar-refractivity contribution < 1.29 is 24.3 Å². The van der Waals surface area contributed by atoms with Crippen molar-refractivity contribution in [3.8, 4) is 0 Å². The van der Waals surface area contributed by atoms with Crippen LogP contribution in [0.1, 0.15) is 50.2 Å². The van der Waals surface area contributed by atoms with Crippen LogP contribution in [0.5, 0.6) is 0 Å². The van der Waals surface area contributed by atoms with E-state index in [1.54, 1.807) is 83.7 Å². The van der Waals surface area contributed by atoms with E-state index >= 15 is 0 Å². The van der Waals surface area contributed by atoms with Crippen LogP contribution >= 0.6 is 0 Å². The van der Waals surface area contributed by atoms with E-state index in [9.17, 15) is 19.2 Å². The summed E-state index contributed by atoms with van der Waals surface area (Å²) in [6.07, 6.45) is 1.48. The third kappa shape index (κ3) is 5.91. The van der Waals surface area contributed by atoms with E-state index in [-0.39, 0.29) is 24.0 Å². The molecule has 2 amide bonds. The number of carbonyl (C=O) groups is 4. The number of aromatic nitrogens is 2. The van der Waals surface area contributed by atoms with Crippen molar-refractivity contribution in [2.24, 2.45) is 0 Å². The number of hydrogen-bond acceptors (Lipinski definition) is 6. The number of rotatable bonds is 9. The molecule has 2 heterocycles. The number of anilines is 3. The Labute approximate surface area is 235 Å². The predicted octanol–water partition coefficient (Wildman–Crippen LogP) is 4.73. The average Bonchev–Trinajstić information content (AvgIpc) is 3.50. The lowest BCUT2D eigenvalue weighted by atomic mass is 9.98. The third-order valence-electron chi connectivity index (χ3n) is 6.57. The topological polar surface area (TPSA) is 142 Å². The van der Waals surface area contributed by atoms with Gasteiger partial charge in [-0.1, -0.05) is 24.3 Å². The molecule has 10 nitrogen and oxygen atoms in total. The van der Waals surface area contributed by atoms with Crippen LogP contribution in [0.25, 0.3) is 5.57 Å². The lowest BCUT2D eigenvalue weighted by Crippen LogP contribution is -2.17. The summed E-state index contributed by atoms with van der Waals surface area (Å²) in [7, 11) is 0. The van der Waals surface area contributed by atoms with Crippen LogP contribution < -0.4 is 16.0 Å². The lowest BCUT2D eigenvalue weighted by Gasteiger charge is -2.09. The molecule has 0 saturated carbocycles. The van der Waals surface area contributed by atoms with E-state index in [1.165, 1.54) is 0 Å². The lowest BCUT2D eigenvalue weighted by molar-refractivity contribution is -0.136. The number of aliphatic carboxylic acids is 1. The number of nitrogens with one attached hydrogen (secondary N) is 3. The zero-order chi connectivity index (χ0) is 29.1. The average molecular weight is 550 g/mol. The zero-order valence-corrected chi connectivity index (χ0v) is 22.4. The summed E-state index contributed by atoms with van der Waals surface area (Å²) in [6.45, 7) is 4.27. The van der Waals surface area contributed by atoms with Crippen LogP contribution in [-0.4, -0.2) is 38.5 Å². The standard InChI is InChI=1S/C31H27N5O5/c1-3-36-27(13-18(2)35-36)31(41)33-23-6-4-5-20(15-23)29(39)21-9-12-26-24(16-21)25(30(40)34-26)17-32-22-10-7-19(8-11-22)14-28(37)38/h4-13,15-17,32H,3,14H2,1-2H3,(H,33,41)(H,34,40)(H,37,38)/b25-17-. The number of nitrogens with zero attached hydrogens (tertiary/aromatic N) is 2. The number of carbonyl (C=O) groups excluding carboxylic acids is 3. The molecular formula is C31H27N5O5. The normalized spacial score (nSPS) is 13.0. The van der Waals surface area contributed by atoms with Crippen molar-refractivity contribution in [1.82, 2.24) is 9.78 Å². The molecule has 0 saturated heterocycles. The quantitative estimate of drug-likeness (QED) is 0.175. The molecule has 41 heavy (non-hydrogen) atoms. The van der Waals surface area contributed by atoms with E-state index in [4.69, 9.17) is 5.11 Å². The first-order chi connectivity index (χ1) is 19.7. The number of amides is 2. The summed E-state index contributed by atoms with van der Waals surface area (Å²) < 4.78 is 1.62. The Balaban J connectivity index is 1.34. The van der Waals surface area contributed by atoms with Gasteiger partial charge < -0.3 is 21.1 Å². The van der Waals surface area contributed by atoms with Gasteiger partial charge >= 0.3 is 5.97 Å². The summed E-state index contributed by atoms with van der Waals surface area (Å²) in [5, 5.41) is 21.9. The second kappa shape index (κ2) is 11.3. The second-order valence-electron chi connectivity index (χ2n) is 9.54. The molecule has 0 aliphatic carbocycles. The number of carboxylic acids is 1. The Kier molecular flexibility index (Phi) is 7.47. The summed E-state index contributed by atoms with van der Waals surface area (Å²) >= 11 is 0. The smallest absolute Gasteiger partial charge is 0.307 e. The highest BCUT2D eigenvalue weighted by molar-refractivity contribution is 6.32. The van der Waals surface area contributed by atoms with Crippen LogP contribution in [0, 0.1) is 6.92 Å². The SMILES string of the molecule is CCn1nc(C)cc1C(=O)Nc1cccc(C(=O)c2ccc3c(c2)/C(=C/Nc2ccc(CC(=O)O)cc2)C(=O)N3)c1. The van der Waals surface area contributed by atoms with Crippen LogP contribution in [0.4, 0.5) is 17.1 Å². The fourth-order valence-corrected chi connectivity index (χ4v) is 4.59. The molecule has 4 aromatic rings. The minimum Gasteiger partial charge on any atom is -0.481 e. The highest BCUT2D eigenvalue weighted by Crippen LogP contribution is 2.33. The van der Waals surface area contributed by atoms with Gasteiger partial charge in [-0.2, -0.15) is 5.10 Å². The van der Waals surface area contributed by atoms with Gasteiger partial charge in [0.15, 0.2) is 5.78 Å². The van der Waals surface area contributed by atoms with E-state index < -0.39 is 5.97 Å². The highest BCUT2D eigenvalue weighted by Gasteiger charge is 2.26. The Morgan fingerprint density at radius 1 is 0.976 bits per heavy atom. The molecule has 0 fully saturated rings. The fourth-order valence-electron chi connectivity index (χ4n) is 4.59. The molecular weight excluding hydrogens is 522 g/mol. The molecule has 10 heteroatoms. The van der Waals surface area contributed by atoms with Crippen molar-refractivity contribution in [2.45, 2.75) is 26.8 Å². The molecule has 1 aliphatic heterocycles. The van der Waals surface area contributed by atoms with E-state index in [0.717, 1.165) is 5.69 Å². The number of hydrogen-bond donors (Lipinski definition) is 4. The van der Waals surface area contributed by atoms with Gasteiger partial charge in [0, 0.05) is 46.5 Å². The van der Waals surface area contributed by atoms with Crippen LogP contribution in [0.3, 0.4) is 0 Å². The monoisotopic (exact) mass is 549 g/mol. The van der Waals surface area contributed by atoms with Crippen LogP contribution in [0.2, 0.25) is 0 Å². The molecule has 1 aliphatic rings. The minimum absolute atomic E-state index is 0.0760. The van der Waals surface area contributed by atoms with E-state index in [0.29, 0.717) is 57.1 Å². The van der Waals surface area contributed by atoms with Crippen molar-refractivity contribution in [3.63, 3.8) is 0 Å². The van der Waals surface area contributed by atoms with Crippen molar-refractivity contribution in [1.29, 1.82) is 0 Å². The van der Waals surface area contributed by atoms with Crippen molar-refractivity contribution in [3.05, 3.63) is 113 Å². The molecule has 0 unspecified atom stereocenters. The first-order valence-corrected chi connectivity index (χ1v) is 13.0. The van der Waals surface area contributed by atoms with E-state index in [1.807, 2.05) is 13.8 Å². The molecule has 0 spiro atoms. The zero-order valence-electron chi connectivity index (χ0n) is 22.4. The number of carboxylic acid groups (broad SMARTS) is 1. The number of aryl methyl sites for hydroxylation is 2. The maximum absolute atomic E-state index is 13.4. The molecule has 4 N–H and O–H groups in total. The molecule has 1 aromatic heterocycles. The van der Waals surface area contributed by atoms with Gasteiger partial charge in [0.05, 0.1) is 17.7 Å². The van der Waals surface area contributed by atoms with Gasteiger partial charge in [-0.25, -0.2) is 0 Å². The Morgan fingerprint density at radius 3 is 2.46 bits per heavy atom. The van der Waals surface area contributed by atoms with E-state index in [2.05, 4.69) is 21.0 Å². The largest absolute Gasteiger partial charge is 0.481 e. The first-order valence-electron chi connectivity index (χ1n) is 13.0. The van der Waals surface area contributed by atoms with Gasteiger partial charge in [0.1, 0.15) is 5.69 Å². The number of fused-ring (bicyclic) bond motifs is 1. The Hall–Kier alpha value is -5.51. The first kappa shape index (κ1) is 27.1. The molecule has 3 aromatic carbocycles. The predicted molar refractivity (Wildman–Crippen MR) is 155 cm³/mol.